The Kier molecular flexibility index (Phi) is 8.97. The standard InChI is InChI=1S/C29H28N4O5S/c1-4-37-23-9-6-5-8-22(23)33-25(34)17-39-29-21(16-30)27(24-10-7-15-38-24)26(18(2)31-29)28(35)32-19-11-13-20(36-3)14-12-19/h5-15,27,31H,4,17H2,1-3H3,(H,32,35)(H,33,34)/t27-/m0/s1. The average Bonchev–Trinajstić information content (AvgIpc) is 3.48. The molecule has 10 heteroatoms. The van der Waals surface area contributed by atoms with Crippen LogP contribution in [0.15, 0.2) is 93.2 Å². The second kappa shape index (κ2) is 12.8. The van der Waals surface area contributed by atoms with Gasteiger partial charge in [0, 0.05) is 11.4 Å². The zero-order chi connectivity index (χ0) is 27.8. The van der Waals surface area contributed by atoms with Crippen molar-refractivity contribution in [1.82, 2.24) is 5.32 Å². The summed E-state index contributed by atoms with van der Waals surface area (Å²) in [6.07, 6.45) is 1.50. The molecular weight excluding hydrogens is 516 g/mol. The van der Waals surface area contributed by atoms with Crippen molar-refractivity contribution in [3.63, 3.8) is 0 Å². The molecule has 0 aliphatic carbocycles. The van der Waals surface area contributed by atoms with Gasteiger partial charge in [-0.05, 0) is 62.4 Å². The molecule has 39 heavy (non-hydrogen) atoms. The minimum absolute atomic E-state index is 0.0273. The van der Waals surface area contributed by atoms with Crippen molar-refractivity contribution in [2.45, 2.75) is 19.8 Å². The fourth-order valence-electron chi connectivity index (χ4n) is 4.12. The number of rotatable bonds is 10. The van der Waals surface area contributed by atoms with Gasteiger partial charge in [-0.15, -0.1) is 0 Å². The van der Waals surface area contributed by atoms with E-state index in [4.69, 9.17) is 13.9 Å². The van der Waals surface area contributed by atoms with Crippen LogP contribution in [0.2, 0.25) is 0 Å². The van der Waals surface area contributed by atoms with E-state index in [2.05, 4.69) is 22.0 Å². The number of hydrogen-bond acceptors (Lipinski definition) is 8. The first-order valence-corrected chi connectivity index (χ1v) is 13.2. The molecule has 0 radical (unpaired) electrons. The number of carbonyl (C=O) groups is 2. The van der Waals surface area contributed by atoms with E-state index in [0.29, 0.717) is 51.5 Å². The van der Waals surface area contributed by atoms with Crippen LogP contribution in [-0.2, 0) is 9.59 Å². The van der Waals surface area contributed by atoms with Crippen LogP contribution in [0.5, 0.6) is 11.5 Å². The van der Waals surface area contributed by atoms with Crippen LogP contribution in [0.1, 0.15) is 25.5 Å². The molecule has 3 aromatic rings. The molecule has 0 spiro atoms. The Morgan fingerprint density at radius 3 is 2.54 bits per heavy atom. The number of hydrogen-bond donors (Lipinski definition) is 3. The number of nitrogens with zero attached hydrogens (tertiary/aromatic N) is 1. The van der Waals surface area contributed by atoms with E-state index in [0.717, 1.165) is 0 Å². The molecular formula is C29H28N4O5S. The second-order valence-electron chi connectivity index (χ2n) is 8.42. The number of nitrogens with one attached hydrogen (secondary N) is 3. The van der Waals surface area contributed by atoms with Crippen LogP contribution in [0, 0.1) is 11.3 Å². The lowest BCUT2D eigenvalue weighted by Gasteiger charge is -2.28. The van der Waals surface area contributed by atoms with Gasteiger partial charge in [-0.3, -0.25) is 9.59 Å². The molecule has 0 fully saturated rings. The van der Waals surface area contributed by atoms with Crippen molar-refractivity contribution in [3.8, 4) is 17.6 Å². The molecule has 200 valence electrons. The van der Waals surface area contributed by atoms with Crippen LogP contribution < -0.4 is 25.4 Å². The molecule has 0 saturated heterocycles. The molecule has 0 unspecified atom stereocenters. The van der Waals surface area contributed by atoms with Crippen LogP contribution in [0.3, 0.4) is 0 Å². The lowest BCUT2D eigenvalue weighted by atomic mass is 9.85. The Labute approximate surface area is 230 Å². The minimum atomic E-state index is -0.756. The van der Waals surface area contributed by atoms with Crippen molar-refractivity contribution in [3.05, 3.63) is 94.6 Å². The van der Waals surface area contributed by atoms with Crippen molar-refractivity contribution in [2.75, 3.05) is 30.1 Å². The van der Waals surface area contributed by atoms with Gasteiger partial charge in [0.15, 0.2) is 0 Å². The number of carbonyl (C=O) groups excluding carboxylic acids is 2. The highest BCUT2D eigenvalue weighted by molar-refractivity contribution is 8.03. The largest absolute Gasteiger partial charge is 0.497 e. The zero-order valence-electron chi connectivity index (χ0n) is 21.7. The third-order valence-electron chi connectivity index (χ3n) is 5.88. The van der Waals surface area contributed by atoms with Crippen molar-refractivity contribution < 1.29 is 23.5 Å². The number of amides is 2. The maximum absolute atomic E-state index is 13.5. The molecule has 1 aliphatic rings. The number of thioether (sulfide) groups is 1. The molecule has 3 N–H and O–H groups in total. The van der Waals surface area contributed by atoms with Gasteiger partial charge in [0.1, 0.15) is 17.3 Å². The summed E-state index contributed by atoms with van der Waals surface area (Å²) in [7, 11) is 1.57. The van der Waals surface area contributed by atoms with Crippen molar-refractivity contribution >= 4 is 35.0 Å². The van der Waals surface area contributed by atoms with E-state index in [9.17, 15) is 14.9 Å². The molecule has 4 rings (SSSR count). The molecule has 0 bridgehead atoms. The monoisotopic (exact) mass is 544 g/mol. The van der Waals surface area contributed by atoms with E-state index >= 15 is 0 Å². The number of allylic oxidation sites excluding steroid dienone is 2. The summed E-state index contributed by atoms with van der Waals surface area (Å²) in [6.45, 7) is 4.10. The second-order valence-corrected chi connectivity index (χ2v) is 9.40. The highest BCUT2D eigenvalue weighted by Crippen LogP contribution is 2.41. The Hall–Kier alpha value is -4.62. The Morgan fingerprint density at radius 1 is 1.10 bits per heavy atom. The fourth-order valence-corrected chi connectivity index (χ4v) is 5.01. The van der Waals surface area contributed by atoms with Gasteiger partial charge in [0.2, 0.25) is 5.91 Å². The predicted molar refractivity (Wildman–Crippen MR) is 150 cm³/mol. The maximum atomic E-state index is 13.5. The molecule has 1 aliphatic heterocycles. The van der Waals surface area contributed by atoms with E-state index in [-0.39, 0.29) is 23.1 Å². The maximum Gasteiger partial charge on any atom is 0.254 e. The lowest BCUT2D eigenvalue weighted by molar-refractivity contribution is -0.114. The topological polar surface area (TPSA) is 126 Å². The predicted octanol–water partition coefficient (Wildman–Crippen LogP) is 5.39. The van der Waals surface area contributed by atoms with Gasteiger partial charge >= 0.3 is 0 Å². The summed E-state index contributed by atoms with van der Waals surface area (Å²) in [5, 5.41) is 19.6. The minimum Gasteiger partial charge on any atom is -0.497 e. The molecule has 1 aromatic heterocycles. The summed E-state index contributed by atoms with van der Waals surface area (Å²) in [5.74, 6) is 0.313. The normalized spacial score (nSPS) is 14.8. The zero-order valence-corrected chi connectivity index (χ0v) is 22.6. The van der Waals surface area contributed by atoms with Crippen LogP contribution in [0.4, 0.5) is 11.4 Å². The quantitative estimate of drug-likeness (QED) is 0.310. The van der Waals surface area contributed by atoms with E-state index in [1.807, 2.05) is 19.1 Å². The number of furan rings is 1. The van der Waals surface area contributed by atoms with E-state index in [1.54, 1.807) is 62.6 Å². The molecule has 2 aromatic carbocycles. The lowest BCUT2D eigenvalue weighted by Crippen LogP contribution is -2.31. The first-order valence-electron chi connectivity index (χ1n) is 12.2. The molecule has 0 saturated carbocycles. The van der Waals surface area contributed by atoms with Gasteiger partial charge in [-0.2, -0.15) is 5.26 Å². The van der Waals surface area contributed by atoms with Gasteiger partial charge < -0.3 is 29.8 Å². The number of para-hydroxylation sites is 2. The highest BCUT2D eigenvalue weighted by Gasteiger charge is 2.36. The van der Waals surface area contributed by atoms with Gasteiger partial charge in [0.25, 0.3) is 5.91 Å². The average molecular weight is 545 g/mol. The number of benzene rings is 2. The number of dihydropyridines is 1. The van der Waals surface area contributed by atoms with E-state index < -0.39 is 5.92 Å². The highest BCUT2D eigenvalue weighted by atomic mass is 32.2. The van der Waals surface area contributed by atoms with Gasteiger partial charge in [-0.1, -0.05) is 23.9 Å². The first-order chi connectivity index (χ1) is 18.9. The molecule has 2 heterocycles. The SMILES string of the molecule is CCOc1ccccc1NC(=O)CSC1=C(C#N)[C@@H](c2ccco2)C(C(=O)Nc2ccc(OC)cc2)=C(C)N1. The van der Waals surface area contributed by atoms with Crippen molar-refractivity contribution in [2.24, 2.45) is 0 Å². The first kappa shape index (κ1) is 27.4. The van der Waals surface area contributed by atoms with Gasteiger partial charge in [-0.25, -0.2) is 0 Å². The summed E-state index contributed by atoms with van der Waals surface area (Å²) in [4.78, 5) is 26.3. The third kappa shape index (κ3) is 6.45. The van der Waals surface area contributed by atoms with Crippen LogP contribution in [0.25, 0.3) is 0 Å². The summed E-state index contributed by atoms with van der Waals surface area (Å²) < 4.78 is 16.4. The summed E-state index contributed by atoms with van der Waals surface area (Å²) >= 11 is 1.17. The molecule has 9 nitrogen and oxygen atoms in total. The molecule has 1 atom stereocenters. The molecule has 2 amide bonds. The number of anilines is 2. The third-order valence-corrected chi connectivity index (χ3v) is 6.89. The Balaban J connectivity index is 1.55. The summed E-state index contributed by atoms with van der Waals surface area (Å²) in [6, 6.07) is 19.8. The van der Waals surface area contributed by atoms with E-state index in [1.165, 1.54) is 18.0 Å². The van der Waals surface area contributed by atoms with Gasteiger partial charge in [0.05, 0.1) is 59.6 Å². The Bertz CT molecular complexity index is 1440. The summed E-state index contributed by atoms with van der Waals surface area (Å²) in [5.41, 5.74) is 2.31. The van der Waals surface area contributed by atoms with Crippen LogP contribution >= 0.6 is 11.8 Å². The number of nitriles is 1. The Morgan fingerprint density at radius 2 is 1.87 bits per heavy atom. The van der Waals surface area contributed by atoms with Crippen molar-refractivity contribution in [1.29, 1.82) is 5.26 Å². The number of methoxy groups -OCH3 is 1. The smallest absolute Gasteiger partial charge is 0.254 e. The fraction of sp³-hybridized carbons (Fsp3) is 0.207. The van der Waals surface area contributed by atoms with Crippen LogP contribution in [-0.4, -0.2) is 31.3 Å². The number of ether oxygens (including phenoxy) is 2.